The van der Waals surface area contributed by atoms with Crippen molar-refractivity contribution in [3.63, 3.8) is 0 Å². The molecule has 1 aromatic heterocycles. The first-order valence-electron chi connectivity index (χ1n) is 9.86. The van der Waals surface area contributed by atoms with Crippen LogP contribution in [-0.2, 0) is 6.54 Å². The second kappa shape index (κ2) is 7.28. The summed E-state index contributed by atoms with van der Waals surface area (Å²) in [6, 6.07) is 11.4. The number of rotatable bonds is 5. The molecule has 6 nitrogen and oxygen atoms in total. The summed E-state index contributed by atoms with van der Waals surface area (Å²) >= 11 is 0. The summed E-state index contributed by atoms with van der Waals surface area (Å²) in [6.45, 7) is 8.71. The van der Waals surface area contributed by atoms with Crippen LogP contribution in [0.5, 0.6) is 0 Å². The van der Waals surface area contributed by atoms with Gasteiger partial charge in [-0.05, 0) is 34.6 Å². The summed E-state index contributed by atoms with van der Waals surface area (Å²) < 4.78 is 1.65. The maximum absolute atomic E-state index is 13.6. The minimum atomic E-state index is -0.268. The number of anilines is 1. The average molecular weight is 388 g/mol. The van der Waals surface area contributed by atoms with Gasteiger partial charge in [-0.1, -0.05) is 58.0 Å². The molecule has 1 aliphatic heterocycles. The molecule has 0 fully saturated rings. The largest absolute Gasteiger partial charge is 0.268 e. The van der Waals surface area contributed by atoms with Gasteiger partial charge in [0.1, 0.15) is 12.7 Å². The lowest BCUT2D eigenvalue weighted by Crippen LogP contribution is -2.32. The van der Waals surface area contributed by atoms with Crippen LogP contribution in [0.3, 0.4) is 0 Å². The topological polar surface area (TPSA) is 68.1 Å². The highest BCUT2D eigenvalue weighted by Gasteiger charge is 2.40. The standard InChI is InChI=1S/C23H24N4O2/c1-14(2)17-8-6-9-18(15(3)4)21(17)27-22(28)19-10-5-7-16(20(19)23(27)29)11-26-13-24-12-25-26/h5-10,12-15H,11H2,1-4H3. The van der Waals surface area contributed by atoms with Crippen molar-refractivity contribution < 1.29 is 9.59 Å². The van der Waals surface area contributed by atoms with Crippen LogP contribution in [0.2, 0.25) is 0 Å². The Balaban J connectivity index is 1.86. The van der Waals surface area contributed by atoms with Crippen molar-refractivity contribution in [2.24, 2.45) is 0 Å². The molecule has 0 aliphatic carbocycles. The second-order valence-electron chi connectivity index (χ2n) is 7.97. The Kier molecular flexibility index (Phi) is 4.78. The molecule has 2 amide bonds. The lowest BCUT2D eigenvalue weighted by atomic mass is 9.92. The Morgan fingerprint density at radius 1 is 0.897 bits per heavy atom. The van der Waals surface area contributed by atoms with E-state index >= 15 is 0 Å². The first-order valence-corrected chi connectivity index (χ1v) is 9.86. The molecule has 0 spiro atoms. The zero-order chi connectivity index (χ0) is 20.7. The van der Waals surface area contributed by atoms with Gasteiger partial charge in [0.15, 0.2) is 0 Å². The quantitative estimate of drug-likeness (QED) is 0.609. The molecule has 148 valence electrons. The van der Waals surface area contributed by atoms with Crippen LogP contribution in [0.1, 0.15) is 76.9 Å². The van der Waals surface area contributed by atoms with E-state index in [1.807, 2.05) is 30.3 Å². The fourth-order valence-corrected chi connectivity index (χ4v) is 3.95. The highest BCUT2D eigenvalue weighted by Crippen LogP contribution is 2.40. The number of benzene rings is 2. The predicted octanol–water partition coefficient (Wildman–Crippen LogP) is 4.37. The first kappa shape index (κ1) is 19.1. The maximum atomic E-state index is 13.6. The molecule has 0 saturated carbocycles. The Hall–Kier alpha value is -3.28. The van der Waals surface area contributed by atoms with E-state index in [0.717, 1.165) is 22.4 Å². The third kappa shape index (κ3) is 3.14. The van der Waals surface area contributed by atoms with Crippen molar-refractivity contribution in [3.8, 4) is 0 Å². The third-order valence-corrected chi connectivity index (χ3v) is 5.37. The molecule has 2 aromatic carbocycles. The lowest BCUT2D eigenvalue weighted by molar-refractivity contribution is 0.0925. The Bertz CT molecular complexity index is 1060. The summed E-state index contributed by atoms with van der Waals surface area (Å²) in [5.41, 5.74) is 4.41. The molecule has 2 heterocycles. The van der Waals surface area contributed by atoms with E-state index in [9.17, 15) is 9.59 Å². The van der Waals surface area contributed by atoms with Crippen molar-refractivity contribution >= 4 is 17.5 Å². The van der Waals surface area contributed by atoms with Gasteiger partial charge < -0.3 is 0 Å². The number of amides is 2. The minimum Gasteiger partial charge on any atom is -0.268 e. The zero-order valence-corrected chi connectivity index (χ0v) is 17.1. The van der Waals surface area contributed by atoms with Crippen LogP contribution >= 0.6 is 0 Å². The van der Waals surface area contributed by atoms with E-state index in [2.05, 4.69) is 37.8 Å². The van der Waals surface area contributed by atoms with E-state index in [1.54, 1.807) is 17.1 Å². The number of carbonyl (C=O) groups excluding carboxylic acids is 2. The monoisotopic (exact) mass is 388 g/mol. The van der Waals surface area contributed by atoms with Gasteiger partial charge in [-0.2, -0.15) is 5.10 Å². The van der Waals surface area contributed by atoms with E-state index in [4.69, 9.17) is 0 Å². The fourth-order valence-electron chi connectivity index (χ4n) is 3.95. The molecule has 1 aliphatic rings. The van der Waals surface area contributed by atoms with E-state index in [-0.39, 0.29) is 23.7 Å². The molecule has 0 atom stereocenters. The van der Waals surface area contributed by atoms with Crippen LogP contribution < -0.4 is 4.90 Å². The van der Waals surface area contributed by atoms with Gasteiger partial charge in [0.05, 0.1) is 23.4 Å². The van der Waals surface area contributed by atoms with Gasteiger partial charge in [-0.25, -0.2) is 14.6 Å². The number of hydrogen-bond acceptors (Lipinski definition) is 4. The number of imide groups is 1. The van der Waals surface area contributed by atoms with Gasteiger partial charge in [-0.15, -0.1) is 0 Å². The Morgan fingerprint density at radius 3 is 2.14 bits per heavy atom. The molecule has 0 unspecified atom stereocenters. The summed E-state index contributed by atoms with van der Waals surface area (Å²) in [5, 5.41) is 4.13. The molecule has 4 rings (SSSR count). The van der Waals surface area contributed by atoms with Crippen LogP contribution in [-0.4, -0.2) is 26.6 Å². The molecule has 0 bridgehead atoms. The number of aromatic nitrogens is 3. The van der Waals surface area contributed by atoms with Gasteiger partial charge in [0.25, 0.3) is 11.8 Å². The molecular weight excluding hydrogens is 364 g/mol. The SMILES string of the molecule is CC(C)c1cccc(C(C)C)c1N1C(=O)c2cccc(Cn3cncn3)c2C1=O. The second-order valence-corrected chi connectivity index (χ2v) is 7.97. The summed E-state index contributed by atoms with van der Waals surface area (Å²) in [7, 11) is 0. The number of para-hydroxylation sites is 1. The molecule has 0 N–H and O–H groups in total. The van der Waals surface area contributed by atoms with Crippen molar-refractivity contribution in [1.29, 1.82) is 0 Å². The summed E-state index contributed by atoms with van der Waals surface area (Å²) in [5.74, 6) is -0.165. The number of hydrogen-bond donors (Lipinski definition) is 0. The number of nitrogens with zero attached hydrogens (tertiary/aromatic N) is 4. The Morgan fingerprint density at radius 2 is 1.55 bits per heavy atom. The van der Waals surface area contributed by atoms with Crippen LogP contribution in [0, 0.1) is 0 Å². The molecule has 0 saturated heterocycles. The van der Waals surface area contributed by atoms with Crippen molar-refractivity contribution in [1.82, 2.24) is 14.8 Å². The zero-order valence-electron chi connectivity index (χ0n) is 17.1. The number of carbonyl (C=O) groups is 2. The molecular formula is C23H24N4O2. The van der Waals surface area contributed by atoms with Crippen LogP contribution in [0.15, 0.2) is 49.1 Å². The average Bonchev–Trinajstić information content (AvgIpc) is 3.28. The van der Waals surface area contributed by atoms with E-state index in [1.165, 1.54) is 11.2 Å². The van der Waals surface area contributed by atoms with Crippen molar-refractivity contribution in [2.45, 2.75) is 46.1 Å². The predicted molar refractivity (Wildman–Crippen MR) is 111 cm³/mol. The summed E-state index contributed by atoms with van der Waals surface area (Å²) in [6.07, 6.45) is 3.06. The molecule has 0 radical (unpaired) electrons. The maximum Gasteiger partial charge on any atom is 0.266 e. The lowest BCUT2D eigenvalue weighted by Gasteiger charge is -2.25. The first-order chi connectivity index (χ1) is 13.9. The van der Waals surface area contributed by atoms with E-state index in [0.29, 0.717) is 17.7 Å². The van der Waals surface area contributed by atoms with E-state index < -0.39 is 0 Å². The van der Waals surface area contributed by atoms with Gasteiger partial charge in [-0.3, -0.25) is 9.59 Å². The van der Waals surface area contributed by atoms with Crippen LogP contribution in [0.25, 0.3) is 0 Å². The van der Waals surface area contributed by atoms with Gasteiger partial charge in [0, 0.05) is 0 Å². The van der Waals surface area contributed by atoms with Crippen molar-refractivity contribution in [3.05, 3.63) is 76.9 Å². The minimum absolute atomic E-state index is 0.183. The van der Waals surface area contributed by atoms with Crippen LogP contribution in [0.4, 0.5) is 5.69 Å². The van der Waals surface area contributed by atoms with Gasteiger partial charge >= 0.3 is 0 Å². The highest BCUT2D eigenvalue weighted by atomic mass is 16.2. The third-order valence-electron chi connectivity index (χ3n) is 5.37. The molecule has 6 heteroatoms. The number of fused-ring (bicyclic) bond motifs is 1. The molecule has 29 heavy (non-hydrogen) atoms. The normalized spacial score (nSPS) is 13.7. The summed E-state index contributed by atoms with van der Waals surface area (Å²) in [4.78, 5) is 32.3. The smallest absolute Gasteiger partial charge is 0.266 e. The highest BCUT2D eigenvalue weighted by molar-refractivity contribution is 6.35. The van der Waals surface area contributed by atoms with Crippen molar-refractivity contribution in [2.75, 3.05) is 4.90 Å². The Labute approximate surface area is 170 Å². The fraction of sp³-hybridized carbons (Fsp3) is 0.304. The molecule has 3 aromatic rings. The van der Waals surface area contributed by atoms with Gasteiger partial charge in [0.2, 0.25) is 0 Å².